The van der Waals surface area contributed by atoms with E-state index in [0.717, 1.165) is 27.6 Å². The van der Waals surface area contributed by atoms with Gasteiger partial charge in [-0.3, -0.25) is 9.59 Å². The number of thiophene rings is 1. The lowest BCUT2D eigenvalue weighted by atomic mass is 9.98. The molecular weight excluding hydrogens is 422 g/mol. The van der Waals surface area contributed by atoms with Crippen molar-refractivity contribution < 1.29 is 23.1 Å². The number of halogens is 2. The minimum Gasteiger partial charge on any atom is -0.466 e. The van der Waals surface area contributed by atoms with E-state index in [4.69, 9.17) is 4.74 Å². The molecule has 0 N–H and O–H groups in total. The van der Waals surface area contributed by atoms with Crippen molar-refractivity contribution >= 4 is 33.4 Å². The summed E-state index contributed by atoms with van der Waals surface area (Å²) < 4.78 is 35.5. The van der Waals surface area contributed by atoms with Gasteiger partial charge in [-0.1, -0.05) is 6.07 Å². The van der Waals surface area contributed by atoms with Crippen LogP contribution in [0.5, 0.6) is 0 Å². The van der Waals surface area contributed by atoms with Gasteiger partial charge in [-0.2, -0.15) is 0 Å². The van der Waals surface area contributed by atoms with Crippen LogP contribution in [0, 0.1) is 24.5 Å². The van der Waals surface area contributed by atoms with Gasteiger partial charge in [-0.25, -0.2) is 8.78 Å². The summed E-state index contributed by atoms with van der Waals surface area (Å²) in [4.78, 5) is 28.4. The second kappa shape index (κ2) is 8.78. The Kier molecular flexibility index (Phi) is 6.09. The average Bonchev–Trinajstić information content (AvgIpc) is 3.26. The summed E-state index contributed by atoms with van der Waals surface area (Å²) in [6.07, 6.45) is 1.41. The normalized spacial score (nSPS) is 16.6. The number of amides is 1. The minimum atomic E-state index is -0.646. The van der Waals surface area contributed by atoms with Crippen LogP contribution in [0.25, 0.3) is 10.2 Å². The number of aryl methyl sites for hydroxylation is 1. The van der Waals surface area contributed by atoms with Crippen molar-refractivity contribution in [3.05, 3.63) is 58.1 Å². The third-order valence-corrected chi connectivity index (χ3v) is 6.59. The summed E-state index contributed by atoms with van der Waals surface area (Å²) in [5, 5.41) is 0. The Balaban J connectivity index is 1.67. The molecule has 1 amide bonds. The molecule has 0 bridgehead atoms. The summed E-state index contributed by atoms with van der Waals surface area (Å²) in [5.41, 5.74) is 1.59. The zero-order chi connectivity index (χ0) is 22.1. The van der Waals surface area contributed by atoms with Gasteiger partial charge < -0.3 is 14.2 Å². The van der Waals surface area contributed by atoms with E-state index in [9.17, 15) is 18.4 Å². The molecule has 0 unspecified atom stereocenters. The largest absolute Gasteiger partial charge is 0.466 e. The molecule has 5 nitrogen and oxygen atoms in total. The molecule has 1 saturated heterocycles. The Bertz CT molecular complexity index is 1140. The SMILES string of the molecule is CCOC(=O)[C@H]1CCCN(C(=O)c2cc3sc(C)cc3n2Cc2ccc(F)cc2F)C1. The Morgan fingerprint density at radius 2 is 2.03 bits per heavy atom. The zero-order valence-electron chi connectivity index (χ0n) is 17.5. The van der Waals surface area contributed by atoms with Crippen molar-refractivity contribution in [1.82, 2.24) is 9.47 Å². The van der Waals surface area contributed by atoms with Crippen molar-refractivity contribution in [2.24, 2.45) is 5.92 Å². The molecule has 1 aliphatic heterocycles. The molecule has 2 aromatic heterocycles. The molecule has 1 aliphatic rings. The molecule has 3 heterocycles. The first kappa shape index (κ1) is 21.5. The summed E-state index contributed by atoms with van der Waals surface area (Å²) in [5.74, 6) is -2.09. The smallest absolute Gasteiger partial charge is 0.310 e. The van der Waals surface area contributed by atoms with Crippen LogP contribution in [0.3, 0.4) is 0 Å². The van der Waals surface area contributed by atoms with Gasteiger partial charge >= 0.3 is 5.97 Å². The van der Waals surface area contributed by atoms with Gasteiger partial charge in [0.25, 0.3) is 5.91 Å². The predicted octanol–water partition coefficient (Wildman–Crippen LogP) is 4.75. The van der Waals surface area contributed by atoms with Crippen LogP contribution in [0.4, 0.5) is 8.78 Å². The summed E-state index contributed by atoms with van der Waals surface area (Å²) >= 11 is 1.56. The van der Waals surface area contributed by atoms with E-state index >= 15 is 0 Å². The molecule has 8 heteroatoms. The van der Waals surface area contributed by atoms with E-state index in [1.807, 2.05) is 19.1 Å². The van der Waals surface area contributed by atoms with E-state index in [0.29, 0.717) is 37.4 Å². The number of ether oxygens (including phenoxy) is 1. The fourth-order valence-electron chi connectivity index (χ4n) is 4.11. The van der Waals surface area contributed by atoms with Crippen LogP contribution in [0.1, 0.15) is 40.7 Å². The molecule has 31 heavy (non-hydrogen) atoms. The van der Waals surface area contributed by atoms with Crippen molar-refractivity contribution in [3.8, 4) is 0 Å². The molecule has 1 aromatic carbocycles. The number of carbonyl (C=O) groups excluding carboxylic acids is 2. The number of nitrogens with zero attached hydrogens (tertiary/aromatic N) is 2. The predicted molar refractivity (Wildman–Crippen MR) is 115 cm³/mol. The highest BCUT2D eigenvalue weighted by Gasteiger charge is 2.31. The monoisotopic (exact) mass is 446 g/mol. The zero-order valence-corrected chi connectivity index (χ0v) is 18.3. The van der Waals surface area contributed by atoms with Crippen molar-refractivity contribution in [3.63, 3.8) is 0 Å². The quantitative estimate of drug-likeness (QED) is 0.532. The molecule has 0 saturated carbocycles. The molecule has 0 aliphatic carbocycles. The van der Waals surface area contributed by atoms with Crippen molar-refractivity contribution in [2.75, 3.05) is 19.7 Å². The number of likely N-dealkylation sites (tertiary alicyclic amines) is 1. The van der Waals surface area contributed by atoms with Gasteiger partial charge in [0.05, 0.1) is 29.3 Å². The van der Waals surface area contributed by atoms with Crippen molar-refractivity contribution in [1.29, 1.82) is 0 Å². The maximum atomic E-state index is 14.4. The number of aromatic nitrogens is 1. The van der Waals surface area contributed by atoms with E-state index in [2.05, 4.69) is 0 Å². The molecule has 1 fully saturated rings. The van der Waals surface area contributed by atoms with E-state index in [1.165, 1.54) is 12.1 Å². The highest BCUT2D eigenvalue weighted by atomic mass is 32.1. The number of esters is 1. The lowest BCUT2D eigenvalue weighted by Crippen LogP contribution is -2.43. The summed E-state index contributed by atoms with van der Waals surface area (Å²) in [7, 11) is 0. The van der Waals surface area contributed by atoms with Crippen LogP contribution in [-0.4, -0.2) is 41.0 Å². The highest BCUT2D eigenvalue weighted by molar-refractivity contribution is 7.19. The maximum Gasteiger partial charge on any atom is 0.310 e. The second-order valence-corrected chi connectivity index (χ2v) is 9.09. The number of hydrogen-bond acceptors (Lipinski definition) is 4. The number of carbonyl (C=O) groups is 2. The fraction of sp³-hybridized carbons (Fsp3) is 0.391. The first-order chi connectivity index (χ1) is 14.9. The average molecular weight is 447 g/mol. The van der Waals surface area contributed by atoms with Crippen LogP contribution in [-0.2, 0) is 16.1 Å². The fourth-order valence-corrected chi connectivity index (χ4v) is 5.07. The third-order valence-electron chi connectivity index (χ3n) is 5.60. The Morgan fingerprint density at radius 3 is 2.77 bits per heavy atom. The molecule has 4 rings (SSSR count). The van der Waals surface area contributed by atoms with E-state index < -0.39 is 11.6 Å². The van der Waals surface area contributed by atoms with Gasteiger partial charge in [-0.05, 0) is 44.9 Å². The molecule has 3 aromatic rings. The highest BCUT2D eigenvalue weighted by Crippen LogP contribution is 2.31. The standard InChI is InChI=1S/C23H24F2N2O3S/c1-3-30-23(29)16-5-4-8-26(12-16)22(28)20-11-21-19(9-14(2)31-21)27(20)13-15-6-7-17(24)10-18(15)25/h6-7,9-11,16H,3-5,8,12-13H2,1-2H3/t16-/m0/s1. The number of piperidine rings is 1. The lowest BCUT2D eigenvalue weighted by molar-refractivity contribution is -0.149. The van der Waals surface area contributed by atoms with Gasteiger partial charge in [-0.15, -0.1) is 11.3 Å². The molecular formula is C23H24F2N2O3S. The first-order valence-electron chi connectivity index (χ1n) is 10.4. The maximum absolute atomic E-state index is 14.4. The molecule has 0 radical (unpaired) electrons. The number of fused-ring (bicyclic) bond motifs is 1. The second-order valence-electron chi connectivity index (χ2n) is 7.80. The lowest BCUT2D eigenvalue weighted by Gasteiger charge is -2.31. The first-order valence-corrected chi connectivity index (χ1v) is 11.2. The van der Waals surface area contributed by atoms with Crippen LogP contribution < -0.4 is 0 Å². The van der Waals surface area contributed by atoms with E-state index in [-0.39, 0.29) is 24.3 Å². The summed E-state index contributed by atoms with van der Waals surface area (Å²) in [6.45, 7) is 5.02. The summed E-state index contributed by atoms with van der Waals surface area (Å²) in [6, 6.07) is 7.27. The molecule has 164 valence electrons. The van der Waals surface area contributed by atoms with Crippen LogP contribution in [0.15, 0.2) is 30.3 Å². The van der Waals surface area contributed by atoms with Gasteiger partial charge in [0.2, 0.25) is 0 Å². The van der Waals surface area contributed by atoms with E-state index in [1.54, 1.807) is 27.7 Å². The Hall–Kier alpha value is -2.74. The van der Waals surface area contributed by atoms with Gasteiger partial charge in [0, 0.05) is 29.6 Å². The Morgan fingerprint density at radius 1 is 1.23 bits per heavy atom. The van der Waals surface area contributed by atoms with Crippen LogP contribution in [0.2, 0.25) is 0 Å². The number of rotatable bonds is 5. The third kappa shape index (κ3) is 4.35. The molecule has 1 atom stereocenters. The molecule has 0 spiro atoms. The minimum absolute atomic E-state index is 0.113. The van der Waals surface area contributed by atoms with Gasteiger partial charge in [0.1, 0.15) is 17.3 Å². The number of benzene rings is 1. The van der Waals surface area contributed by atoms with Crippen molar-refractivity contribution in [2.45, 2.75) is 33.2 Å². The number of hydrogen-bond donors (Lipinski definition) is 0. The topological polar surface area (TPSA) is 51.5 Å². The van der Waals surface area contributed by atoms with Gasteiger partial charge in [0.15, 0.2) is 0 Å². The van der Waals surface area contributed by atoms with Crippen LogP contribution >= 0.6 is 11.3 Å². The Labute approximate surface area is 183 Å².